The van der Waals surface area contributed by atoms with Crippen molar-refractivity contribution >= 4 is 22.5 Å². The maximum Gasteiger partial charge on any atom is 0.263 e. The van der Waals surface area contributed by atoms with Crippen LogP contribution in [0.1, 0.15) is 23.2 Å². The SMILES string of the molecule is O=C(c1ccc(F)cc1)N1CCN(CCn2cnc3cccc(NC4CC4)c3c2=O)CC1. The average Bonchev–Trinajstić information content (AvgIpc) is 3.63. The Morgan fingerprint density at radius 3 is 2.50 bits per heavy atom. The number of hydrogen-bond donors (Lipinski definition) is 1. The van der Waals surface area contributed by atoms with Crippen LogP contribution in [-0.2, 0) is 6.54 Å². The lowest BCUT2D eigenvalue weighted by molar-refractivity contribution is 0.0633. The molecule has 3 aromatic rings. The minimum atomic E-state index is -0.347. The lowest BCUT2D eigenvalue weighted by Gasteiger charge is -2.34. The normalized spacial score (nSPS) is 17.0. The second-order valence-corrected chi connectivity index (χ2v) is 8.50. The van der Waals surface area contributed by atoms with Crippen molar-refractivity contribution in [1.29, 1.82) is 0 Å². The fourth-order valence-electron chi connectivity index (χ4n) is 4.13. The van der Waals surface area contributed by atoms with Gasteiger partial charge in [0.25, 0.3) is 11.5 Å². The smallest absolute Gasteiger partial charge is 0.263 e. The van der Waals surface area contributed by atoms with Crippen molar-refractivity contribution in [3.63, 3.8) is 0 Å². The third kappa shape index (κ3) is 4.36. The number of benzene rings is 2. The molecule has 1 amide bonds. The largest absolute Gasteiger partial charge is 0.382 e. The van der Waals surface area contributed by atoms with E-state index in [0.717, 1.165) is 31.6 Å². The van der Waals surface area contributed by atoms with Gasteiger partial charge in [0.15, 0.2) is 0 Å². The quantitative estimate of drug-likeness (QED) is 0.645. The minimum absolute atomic E-state index is 0.0242. The Morgan fingerprint density at radius 1 is 1.03 bits per heavy atom. The van der Waals surface area contributed by atoms with Crippen molar-refractivity contribution in [2.75, 3.05) is 38.0 Å². The third-order valence-electron chi connectivity index (χ3n) is 6.20. The first kappa shape index (κ1) is 20.6. The monoisotopic (exact) mass is 435 g/mol. The second-order valence-electron chi connectivity index (χ2n) is 8.50. The predicted molar refractivity (Wildman–Crippen MR) is 121 cm³/mol. The van der Waals surface area contributed by atoms with E-state index in [1.54, 1.807) is 15.8 Å². The first-order valence-corrected chi connectivity index (χ1v) is 11.1. The number of nitrogens with one attached hydrogen (secondary N) is 1. The van der Waals surface area contributed by atoms with Gasteiger partial charge < -0.3 is 10.2 Å². The molecule has 166 valence electrons. The highest BCUT2D eigenvalue weighted by Gasteiger charge is 2.23. The zero-order valence-electron chi connectivity index (χ0n) is 17.8. The van der Waals surface area contributed by atoms with E-state index in [2.05, 4.69) is 15.2 Å². The molecule has 1 N–H and O–H groups in total. The molecule has 0 spiro atoms. The number of carbonyl (C=O) groups excluding carboxylic acids is 1. The van der Waals surface area contributed by atoms with Gasteiger partial charge >= 0.3 is 0 Å². The van der Waals surface area contributed by atoms with E-state index in [1.807, 2.05) is 18.2 Å². The van der Waals surface area contributed by atoms with E-state index in [1.165, 1.54) is 24.3 Å². The number of halogens is 1. The van der Waals surface area contributed by atoms with Crippen LogP contribution in [0.2, 0.25) is 0 Å². The highest BCUT2D eigenvalue weighted by molar-refractivity contribution is 5.94. The molecule has 2 aliphatic rings. The molecule has 1 aliphatic carbocycles. The summed E-state index contributed by atoms with van der Waals surface area (Å²) in [6.07, 6.45) is 3.90. The molecule has 1 saturated carbocycles. The molecule has 1 saturated heterocycles. The summed E-state index contributed by atoms with van der Waals surface area (Å²) in [6, 6.07) is 11.9. The Kier molecular flexibility index (Phi) is 5.61. The molecule has 8 heteroatoms. The topological polar surface area (TPSA) is 70.5 Å². The van der Waals surface area contributed by atoms with Crippen LogP contribution in [-0.4, -0.2) is 64.0 Å². The Balaban J connectivity index is 1.21. The Morgan fingerprint density at radius 2 is 1.78 bits per heavy atom. The zero-order chi connectivity index (χ0) is 22.1. The molecule has 2 fully saturated rings. The second kappa shape index (κ2) is 8.70. The summed E-state index contributed by atoms with van der Waals surface area (Å²) < 4.78 is 14.8. The van der Waals surface area contributed by atoms with Gasteiger partial charge in [-0.1, -0.05) is 6.07 Å². The number of aromatic nitrogens is 2. The van der Waals surface area contributed by atoms with Crippen LogP contribution < -0.4 is 10.9 Å². The predicted octanol–water partition coefficient (Wildman–Crippen LogP) is 2.57. The van der Waals surface area contributed by atoms with Gasteiger partial charge in [-0.05, 0) is 49.2 Å². The number of piperazine rings is 1. The first-order valence-electron chi connectivity index (χ1n) is 11.1. The first-order chi connectivity index (χ1) is 15.6. The van der Waals surface area contributed by atoms with Crippen molar-refractivity contribution in [3.8, 4) is 0 Å². The number of amides is 1. The summed E-state index contributed by atoms with van der Waals surface area (Å²) in [7, 11) is 0. The molecular weight excluding hydrogens is 409 g/mol. The van der Waals surface area contributed by atoms with Crippen LogP contribution in [0.3, 0.4) is 0 Å². The van der Waals surface area contributed by atoms with E-state index in [4.69, 9.17) is 0 Å². The lowest BCUT2D eigenvalue weighted by Crippen LogP contribution is -2.49. The minimum Gasteiger partial charge on any atom is -0.382 e. The highest BCUT2D eigenvalue weighted by atomic mass is 19.1. The van der Waals surface area contributed by atoms with Crippen molar-refractivity contribution in [2.45, 2.75) is 25.4 Å². The molecule has 2 aromatic carbocycles. The standard InChI is InChI=1S/C24H26FN5O2/c25-18-6-4-17(5-7-18)23(31)29-13-10-28(11-14-29)12-15-30-16-26-20-2-1-3-21(22(20)24(30)32)27-19-8-9-19/h1-7,16,19,27H,8-15H2. The van der Waals surface area contributed by atoms with Crippen LogP contribution in [0, 0.1) is 5.82 Å². The van der Waals surface area contributed by atoms with E-state index >= 15 is 0 Å². The molecule has 32 heavy (non-hydrogen) atoms. The summed E-state index contributed by atoms with van der Waals surface area (Å²) in [6.45, 7) is 3.94. The number of hydrogen-bond acceptors (Lipinski definition) is 5. The van der Waals surface area contributed by atoms with E-state index < -0.39 is 0 Å². The average molecular weight is 436 g/mol. The molecule has 5 rings (SSSR count). The van der Waals surface area contributed by atoms with Gasteiger partial charge in [0.05, 0.1) is 17.2 Å². The summed E-state index contributed by atoms with van der Waals surface area (Å²) >= 11 is 0. The Bertz CT molecular complexity index is 1180. The van der Waals surface area contributed by atoms with Crippen LogP contribution in [0.5, 0.6) is 0 Å². The van der Waals surface area contributed by atoms with E-state index in [0.29, 0.717) is 48.7 Å². The number of nitrogens with zero attached hydrogens (tertiary/aromatic N) is 4. The zero-order valence-corrected chi connectivity index (χ0v) is 17.8. The molecule has 0 unspecified atom stereocenters. The molecule has 0 atom stereocenters. The Labute approximate surface area is 185 Å². The maximum absolute atomic E-state index is 13.1. The van der Waals surface area contributed by atoms with Crippen molar-refractivity contribution in [2.24, 2.45) is 0 Å². The van der Waals surface area contributed by atoms with E-state index in [-0.39, 0.29) is 17.3 Å². The van der Waals surface area contributed by atoms with Gasteiger partial charge in [-0.25, -0.2) is 9.37 Å². The lowest BCUT2D eigenvalue weighted by atomic mass is 10.2. The van der Waals surface area contributed by atoms with Gasteiger partial charge in [-0.3, -0.25) is 19.1 Å². The number of carbonyl (C=O) groups is 1. The summed E-state index contributed by atoms with van der Waals surface area (Å²) in [5.74, 6) is -0.421. The Hall–Kier alpha value is -3.26. The van der Waals surface area contributed by atoms with Crippen LogP contribution in [0.15, 0.2) is 53.6 Å². The van der Waals surface area contributed by atoms with Crippen molar-refractivity contribution < 1.29 is 9.18 Å². The van der Waals surface area contributed by atoms with Gasteiger partial charge in [0.1, 0.15) is 5.82 Å². The summed E-state index contributed by atoms with van der Waals surface area (Å²) in [4.78, 5) is 34.3. The molecular formula is C24H26FN5O2. The number of anilines is 1. The number of rotatable bonds is 6. The van der Waals surface area contributed by atoms with Gasteiger partial charge in [0, 0.05) is 56.6 Å². The molecule has 1 aliphatic heterocycles. The molecule has 0 bridgehead atoms. The van der Waals surface area contributed by atoms with E-state index in [9.17, 15) is 14.0 Å². The van der Waals surface area contributed by atoms with Gasteiger partial charge in [0.2, 0.25) is 0 Å². The summed E-state index contributed by atoms with van der Waals surface area (Å²) in [5.41, 5.74) is 2.06. The van der Waals surface area contributed by atoms with Crippen molar-refractivity contribution in [1.82, 2.24) is 19.4 Å². The van der Waals surface area contributed by atoms with Crippen molar-refractivity contribution in [3.05, 3.63) is 70.5 Å². The van der Waals surface area contributed by atoms with Gasteiger partial charge in [-0.2, -0.15) is 0 Å². The molecule has 2 heterocycles. The molecule has 1 aromatic heterocycles. The fourth-order valence-corrected chi connectivity index (χ4v) is 4.13. The molecule has 0 radical (unpaired) electrons. The fraction of sp³-hybridized carbons (Fsp3) is 0.375. The molecule has 7 nitrogen and oxygen atoms in total. The van der Waals surface area contributed by atoms with Crippen LogP contribution in [0.25, 0.3) is 10.9 Å². The maximum atomic E-state index is 13.1. The highest BCUT2D eigenvalue weighted by Crippen LogP contribution is 2.27. The van der Waals surface area contributed by atoms with Crippen LogP contribution in [0.4, 0.5) is 10.1 Å². The van der Waals surface area contributed by atoms with Crippen LogP contribution >= 0.6 is 0 Å². The number of fused-ring (bicyclic) bond motifs is 1. The summed E-state index contributed by atoms with van der Waals surface area (Å²) in [5, 5.41) is 4.09. The third-order valence-corrected chi connectivity index (χ3v) is 6.20. The van der Waals surface area contributed by atoms with Gasteiger partial charge in [-0.15, -0.1) is 0 Å².